The molecule has 2 rings (SSSR count). The topological polar surface area (TPSA) is 64.2 Å². The highest BCUT2D eigenvalue weighted by Crippen LogP contribution is 2.19. The Morgan fingerprint density at radius 2 is 2.39 bits per heavy atom. The van der Waals surface area contributed by atoms with Crippen LogP contribution in [0.4, 0.5) is 5.69 Å². The summed E-state index contributed by atoms with van der Waals surface area (Å²) in [6.45, 7) is 6.69. The van der Waals surface area contributed by atoms with E-state index in [4.69, 9.17) is 5.73 Å². The van der Waals surface area contributed by atoms with Crippen LogP contribution in [0.25, 0.3) is 0 Å². The molecule has 1 saturated heterocycles. The standard InChI is InChI=1S/C13H22N4O/c1-3-6-17-9-11(14)12(15-17)13(18)16-7-4-5-10(2)8-16/h9-10H,3-8,14H2,1-2H3. The summed E-state index contributed by atoms with van der Waals surface area (Å²) in [6, 6.07) is 0. The summed E-state index contributed by atoms with van der Waals surface area (Å²) >= 11 is 0. The minimum absolute atomic E-state index is 0.0195. The second-order valence-corrected chi connectivity index (χ2v) is 5.19. The van der Waals surface area contributed by atoms with Gasteiger partial charge in [-0.25, -0.2) is 0 Å². The summed E-state index contributed by atoms with van der Waals surface area (Å²) in [5.41, 5.74) is 6.79. The first kappa shape index (κ1) is 12.9. The van der Waals surface area contributed by atoms with Gasteiger partial charge in [0.15, 0.2) is 5.69 Å². The lowest BCUT2D eigenvalue weighted by Crippen LogP contribution is -2.39. The van der Waals surface area contributed by atoms with Crippen LogP contribution in [0, 0.1) is 5.92 Å². The van der Waals surface area contributed by atoms with E-state index >= 15 is 0 Å². The molecule has 100 valence electrons. The van der Waals surface area contributed by atoms with Crippen molar-refractivity contribution in [2.45, 2.75) is 39.7 Å². The van der Waals surface area contributed by atoms with Crippen LogP contribution in [0.2, 0.25) is 0 Å². The molecule has 5 heteroatoms. The number of piperidine rings is 1. The largest absolute Gasteiger partial charge is 0.396 e. The highest BCUT2D eigenvalue weighted by atomic mass is 16.2. The Bertz CT molecular complexity index is 427. The van der Waals surface area contributed by atoms with E-state index in [-0.39, 0.29) is 5.91 Å². The number of carbonyl (C=O) groups is 1. The Balaban J connectivity index is 2.12. The first-order valence-electron chi connectivity index (χ1n) is 6.74. The van der Waals surface area contributed by atoms with Gasteiger partial charge in [0, 0.05) is 25.8 Å². The Labute approximate surface area is 108 Å². The molecule has 2 N–H and O–H groups in total. The third-order valence-electron chi connectivity index (χ3n) is 3.39. The molecule has 1 aliphatic rings. The van der Waals surface area contributed by atoms with Crippen molar-refractivity contribution in [1.82, 2.24) is 14.7 Å². The summed E-state index contributed by atoms with van der Waals surface area (Å²) < 4.78 is 1.76. The van der Waals surface area contributed by atoms with Gasteiger partial charge in [-0.2, -0.15) is 5.10 Å². The number of hydrogen-bond acceptors (Lipinski definition) is 3. The highest BCUT2D eigenvalue weighted by molar-refractivity contribution is 5.97. The maximum Gasteiger partial charge on any atom is 0.276 e. The number of hydrogen-bond donors (Lipinski definition) is 1. The van der Waals surface area contributed by atoms with Gasteiger partial charge in [0.1, 0.15) is 0 Å². The smallest absolute Gasteiger partial charge is 0.276 e. The SMILES string of the molecule is CCCn1cc(N)c(C(=O)N2CCCC(C)C2)n1. The molecular formula is C13H22N4O. The highest BCUT2D eigenvalue weighted by Gasteiger charge is 2.25. The molecule has 0 aliphatic carbocycles. The normalized spacial score (nSPS) is 20.1. The Morgan fingerprint density at radius 3 is 3.06 bits per heavy atom. The first-order valence-corrected chi connectivity index (χ1v) is 6.74. The van der Waals surface area contributed by atoms with Crippen molar-refractivity contribution in [2.75, 3.05) is 18.8 Å². The monoisotopic (exact) mass is 250 g/mol. The van der Waals surface area contributed by atoms with Crippen LogP contribution >= 0.6 is 0 Å². The first-order chi connectivity index (χ1) is 8.61. The number of aryl methyl sites for hydroxylation is 1. The second-order valence-electron chi connectivity index (χ2n) is 5.19. The summed E-state index contributed by atoms with van der Waals surface area (Å²) in [5, 5.41) is 4.30. The Kier molecular flexibility index (Phi) is 3.89. The summed E-state index contributed by atoms with van der Waals surface area (Å²) in [7, 11) is 0. The average molecular weight is 250 g/mol. The van der Waals surface area contributed by atoms with Gasteiger partial charge in [-0.1, -0.05) is 13.8 Å². The van der Waals surface area contributed by atoms with E-state index in [1.807, 2.05) is 4.90 Å². The maximum atomic E-state index is 12.4. The average Bonchev–Trinajstić information content (AvgIpc) is 2.70. The summed E-state index contributed by atoms with van der Waals surface area (Å²) in [5.74, 6) is 0.551. The molecule has 5 nitrogen and oxygen atoms in total. The fourth-order valence-electron chi connectivity index (χ4n) is 2.47. The molecule has 1 atom stereocenters. The van der Waals surface area contributed by atoms with Crippen molar-refractivity contribution >= 4 is 11.6 Å². The molecule has 1 amide bonds. The fraction of sp³-hybridized carbons (Fsp3) is 0.692. The van der Waals surface area contributed by atoms with Crippen LogP contribution < -0.4 is 5.73 Å². The fourth-order valence-corrected chi connectivity index (χ4v) is 2.47. The molecule has 0 saturated carbocycles. The second kappa shape index (κ2) is 5.42. The minimum Gasteiger partial charge on any atom is -0.396 e. The molecule has 1 aromatic rings. The molecule has 1 aromatic heterocycles. The van der Waals surface area contributed by atoms with Crippen LogP contribution in [0.3, 0.4) is 0 Å². The molecule has 2 heterocycles. The van der Waals surface area contributed by atoms with Gasteiger partial charge in [-0.3, -0.25) is 9.48 Å². The van der Waals surface area contributed by atoms with Crippen molar-refractivity contribution in [3.05, 3.63) is 11.9 Å². The molecule has 1 aliphatic heterocycles. The lowest BCUT2D eigenvalue weighted by molar-refractivity contribution is 0.0677. The number of nitrogen functional groups attached to an aromatic ring is 1. The van der Waals surface area contributed by atoms with Crippen molar-refractivity contribution in [1.29, 1.82) is 0 Å². The van der Waals surface area contributed by atoms with Gasteiger partial charge < -0.3 is 10.6 Å². The molecule has 0 radical (unpaired) electrons. The number of anilines is 1. The van der Waals surface area contributed by atoms with Crippen molar-refractivity contribution in [3.63, 3.8) is 0 Å². The van der Waals surface area contributed by atoms with Crippen LogP contribution in [0.1, 0.15) is 43.6 Å². The third kappa shape index (κ3) is 2.66. The van der Waals surface area contributed by atoms with Crippen LogP contribution in [-0.2, 0) is 6.54 Å². The summed E-state index contributed by atoms with van der Waals surface area (Å²) in [6.07, 6.45) is 5.01. The van der Waals surface area contributed by atoms with Crippen LogP contribution in [-0.4, -0.2) is 33.7 Å². The molecule has 18 heavy (non-hydrogen) atoms. The van der Waals surface area contributed by atoms with E-state index in [2.05, 4.69) is 18.9 Å². The van der Waals surface area contributed by atoms with E-state index in [1.54, 1.807) is 10.9 Å². The van der Waals surface area contributed by atoms with E-state index < -0.39 is 0 Å². The Morgan fingerprint density at radius 1 is 1.61 bits per heavy atom. The van der Waals surface area contributed by atoms with Crippen molar-refractivity contribution < 1.29 is 4.79 Å². The van der Waals surface area contributed by atoms with E-state index in [0.29, 0.717) is 17.3 Å². The Hall–Kier alpha value is -1.52. The van der Waals surface area contributed by atoms with Gasteiger partial charge in [-0.05, 0) is 25.2 Å². The van der Waals surface area contributed by atoms with Gasteiger partial charge in [-0.15, -0.1) is 0 Å². The molecule has 1 fully saturated rings. The molecular weight excluding hydrogens is 228 g/mol. The third-order valence-corrected chi connectivity index (χ3v) is 3.39. The van der Waals surface area contributed by atoms with Gasteiger partial charge >= 0.3 is 0 Å². The van der Waals surface area contributed by atoms with Crippen molar-refractivity contribution in [3.8, 4) is 0 Å². The molecule has 0 bridgehead atoms. The number of amides is 1. The van der Waals surface area contributed by atoms with E-state index in [9.17, 15) is 4.79 Å². The zero-order chi connectivity index (χ0) is 13.1. The molecule has 0 aromatic carbocycles. The minimum atomic E-state index is -0.0195. The number of carbonyl (C=O) groups excluding carboxylic acids is 1. The van der Waals surface area contributed by atoms with E-state index in [1.165, 1.54) is 6.42 Å². The zero-order valence-electron chi connectivity index (χ0n) is 11.2. The van der Waals surface area contributed by atoms with Gasteiger partial charge in [0.25, 0.3) is 5.91 Å². The number of likely N-dealkylation sites (tertiary alicyclic amines) is 1. The lowest BCUT2D eigenvalue weighted by Gasteiger charge is -2.30. The van der Waals surface area contributed by atoms with E-state index in [0.717, 1.165) is 32.5 Å². The predicted molar refractivity (Wildman–Crippen MR) is 71.2 cm³/mol. The van der Waals surface area contributed by atoms with Gasteiger partial charge in [0.05, 0.1) is 5.69 Å². The van der Waals surface area contributed by atoms with Crippen LogP contribution in [0.5, 0.6) is 0 Å². The molecule has 0 spiro atoms. The quantitative estimate of drug-likeness (QED) is 0.888. The number of nitrogens with zero attached hydrogens (tertiary/aromatic N) is 3. The lowest BCUT2D eigenvalue weighted by atomic mass is 10.00. The number of nitrogens with two attached hydrogens (primary N) is 1. The van der Waals surface area contributed by atoms with Crippen molar-refractivity contribution in [2.24, 2.45) is 5.92 Å². The maximum absolute atomic E-state index is 12.4. The number of aromatic nitrogens is 2. The number of rotatable bonds is 3. The molecule has 1 unspecified atom stereocenters. The van der Waals surface area contributed by atoms with Gasteiger partial charge in [0.2, 0.25) is 0 Å². The predicted octanol–water partition coefficient (Wildman–Crippen LogP) is 1.75. The zero-order valence-corrected chi connectivity index (χ0v) is 11.2. The van der Waals surface area contributed by atoms with Crippen LogP contribution in [0.15, 0.2) is 6.20 Å². The summed E-state index contributed by atoms with van der Waals surface area (Å²) in [4.78, 5) is 14.2.